The standard InChI is InChI=1S/C17H23N3O2S/c1-3-4-10-23(21,22)20-17-9-8-16(13-19-17)18-12-15-7-5-6-14(2)11-15/h5-9,11,13,18H,3-4,10,12H2,1-2H3,(H,19,20). The Morgan fingerprint density at radius 2 is 2.00 bits per heavy atom. The van der Waals surface area contributed by atoms with Crippen LogP contribution in [0.1, 0.15) is 30.9 Å². The number of hydrogen-bond acceptors (Lipinski definition) is 4. The molecule has 1 aromatic heterocycles. The maximum absolute atomic E-state index is 11.8. The summed E-state index contributed by atoms with van der Waals surface area (Å²) in [5, 5.41) is 3.27. The second-order valence-corrected chi connectivity index (χ2v) is 7.39. The lowest BCUT2D eigenvalue weighted by molar-refractivity contribution is 0.597. The number of benzene rings is 1. The van der Waals surface area contributed by atoms with Crippen LogP contribution in [0.2, 0.25) is 0 Å². The molecule has 5 nitrogen and oxygen atoms in total. The van der Waals surface area contributed by atoms with Crippen LogP contribution in [0.3, 0.4) is 0 Å². The van der Waals surface area contributed by atoms with Gasteiger partial charge in [-0.1, -0.05) is 43.2 Å². The van der Waals surface area contributed by atoms with Gasteiger partial charge in [-0.25, -0.2) is 13.4 Å². The van der Waals surface area contributed by atoms with Crippen LogP contribution >= 0.6 is 0 Å². The van der Waals surface area contributed by atoms with Crippen LogP contribution in [0.5, 0.6) is 0 Å². The Morgan fingerprint density at radius 1 is 1.17 bits per heavy atom. The predicted molar refractivity (Wildman–Crippen MR) is 95.1 cm³/mol. The molecule has 6 heteroatoms. The van der Waals surface area contributed by atoms with Crippen molar-refractivity contribution in [1.82, 2.24) is 4.98 Å². The Morgan fingerprint density at radius 3 is 2.65 bits per heavy atom. The fraction of sp³-hybridized carbons (Fsp3) is 0.353. The Bertz CT molecular complexity index is 728. The van der Waals surface area contributed by atoms with Gasteiger partial charge in [-0.15, -0.1) is 0 Å². The minimum Gasteiger partial charge on any atom is -0.380 e. The van der Waals surface area contributed by atoms with Gasteiger partial charge in [-0.2, -0.15) is 0 Å². The molecule has 0 saturated carbocycles. The van der Waals surface area contributed by atoms with E-state index < -0.39 is 10.0 Å². The minimum absolute atomic E-state index is 0.124. The zero-order valence-electron chi connectivity index (χ0n) is 13.5. The van der Waals surface area contributed by atoms with E-state index in [2.05, 4.69) is 40.1 Å². The predicted octanol–water partition coefficient (Wildman–Crippen LogP) is 3.54. The van der Waals surface area contributed by atoms with Crippen molar-refractivity contribution < 1.29 is 8.42 Å². The van der Waals surface area contributed by atoms with E-state index in [1.54, 1.807) is 12.3 Å². The molecule has 2 rings (SSSR count). The third kappa shape index (κ3) is 5.90. The third-order valence-corrected chi connectivity index (χ3v) is 4.72. The topological polar surface area (TPSA) is 71.1 Å². The summed E-state index contributed by atoms with van der Waals surface area (Å²) in [7, 11) is -3.30. The Hall–Kier alpha value is -2.08. The van der Waals surface area contributed by atoms with Crippen LogP contribution in [0.4, 0.5) is 11.5 Å². The van der Waals surface area contributed by atoms with Gasteiger partial charge in [0.25, 0.3) is 0 Å². The fourth-order valence-corrected chi connectivity index (χ4v) is 3.34. The van der Waals surface area contributed by atoms with Gasteiger partial charge < -0.3 is 5.32 Å². The average molecular weight is 333 g/mol. The molecule has 0 aliphatic carbocycles. The maximum Gasteiger partial charge on any atom is 0.233 e. The normalized spacial score (nSPS) is 11.2. The lowest BCUT2D eigenvalue weighted by Crippen LogP contribution is -2.17. The maximum atomic E-state index is 11.8. The van der Waals surface area contributed by atoms with Gasteiger partial charge >= 0.3 is 0 Å². The summed E-state index contributed by atoms with van der Waals surface area (Å²) in [6.45, 7) is 4.72. The Labute approximate surface area is 138 Å². The Balaban J connectivity index is 1.92. The number of hydrogen-bond donors (Lipinski definition) is 2. The van der Waals surface area contributed by atoms with Gasteiger partial charge in [0.2, 0.25) is 10.0 Å². The van der Waals surface area contributed by atoms with Gasteiger partial charge in [0.05, 0.1) is 17.6 Å². The van der Waals surface area contributed by atoms with Crippen molar-refractivity contribution in [1.29, 1.82) is 0 Å². The first kappa shape index (κ1) is 17.3. The Kier molecular flexibility index (Phi) is 5.98. The van der Waals surface area contributed by atoms with Crippen LogP contribution in [0.25, 0.3) is 0 Å². The van der Waals surface area contributed by atoms with Gasteiger partial charge in [0.1, 0.15) is 5.82 Å². The highest BCUT2D eigenvalue weighted by Gasteiger charge is 2.10. The number of sulfonamides is 1. The van der Waals surface area contributed by atoms with Gasteiger partial charge in [0.15, 0.2) is 0 Å². The summed E-state index contributed by atoms with van der Waals surface area (Å²) in [5.41, 5.74) is 3.26. The highest BCUT2D eigenvalue weighted by molar-refractivity contribution is 7.92. The lowest BCUT2D eigenvalue weighted by atomic mass is 10.1. The number of pyridine rings is 1. The van der Waals surface area contributed by atoms with Crippen molar-refractivity contribution in [2.24, 2.45) is 0 Å². The molecule has 0 fully saturated rings. The molecule has 124 valence electrons. The quantitative estimate of drug-likeness (QED) is 0.775. The van der Waals surface area contributed by atoms with E-state index in [4.69, 9.17) is 0 Å². The molecular weight excluding hydrogens is 310 g/mol. The van der Waals surface area contributed by atoms with E-state index in [1.165, 1.54) is 11.1 Å². The molecule has 0 atom stereocenters. The fourth-order valence-electron chi connectivity index (χ4n) is 2.13. The van der Waals surface area contributed by atoms with Crippen molar-refractivity contribution >= 4 is 21.5 Å². The van der Waals surface area contributed by atoms with Crippen LogP contribution in [0, 0.1) is 6.92 Å². The van der Waals surface area contributed by atoms with Gasteiger partial charge in [-0.3, -0.25) is 4.72 Å². The summed E-state index contributed by atoms with van der Waals surface area (Å²) < 4.78 is 26.1. The SMILES string of the molecule is CCCCS(=O)(=O)Nc1ccc(NCc2cccc(C)c2)cn1. The molecule has 0 aliphatic rings. The molecule has 2 N–H and O–H groups in total. The summed E-state index contributed by atoms with van der Waals surface area (Å²) in [5.74, 6) is 0.473. The first-order chi connectivity index (χ1) is 11.0. The second kappa shape index (κ2) is 7.97. The number of rotatable bonds is 8. The van der Waals surface area contributed by atoms with E-state index in [1.807, 2.05) is 19.1 Å². The average Bonchev–Trinajstić information content (AvgIpc) is 2.52. The number of unbranched alkanes of at least 4 members (excludes halogenated alkanes) is 1. The molecule has 0 bridgehead atoms. The molecule has 0 saturated heterocycles. The van der Waals surface area contributed by atoms with Crippen molar-refractivity contribution in [3.8, 4) is 0 Å². The van der Waals surface area contributed by atoms with E-state index in [-0.39, 0.29) is 5.75 Å². The minimum atomic E-state index is -3.30. The summed E-state index contributed by atoms with van der Waals surface area (Å²) in [4.78, 5) is 4.15. The molecule has 0 radical (unpaired) electrons. The zero-order chi connectivity index (χ0) is 16.7. The first-order valence-corrected chi connectivity index (χ1v) is 9.40. The molecule has 0 aliphatic heterocycles. The molecule has 1 heterocycles. The monoisotopic (exact) mass is 333 g/mol. The van der Waals surface area contributed by atoms with Gasteiger partial charge in [-0.05, 0) is 31.0 Å². The van der Waals surface area contributed by atoms with Crippen LogP contribution < -0.4 is 10.0 Å². The van der Waals surface area contributed by atoms with Crippen molar-refractivity contribution in [2.45, 2.75) is 33.2 Å². The molecule has 1 aromatic carbocycles. The number of aryl methyl sites for hydroxylation is 1. The lowest BCUT2D eigenvalue weighted by Gasteiger charge is -2.09. The largest absolute Gasteiger partial charge is 0.380 e. The molecule has 0 spiro atoms. The van der Waals surface area contributed by atoms with Crippen LogP contribution in [-0.4, -0.2) is 19.2 Å². The third-order valence-electron chi connectivity index (χ3n) is 3.37. The molecule has 0 unspecified atom stereocenters. The van der Waals surface area contributed by atoms with E-state index >= 15 is 0 Å². The summed E-state index contributed by atoms with van der Waals surface area (Å²) >= 11 is 0. The highest BCUT2D eigenvalue weighted by atomic mass is 32.2. The van der Waals surface area contributed by atoms with Crippen molar-refractivity contribution in [2.75, 3.05) is 15.8 Å². The smallest absolute Gasteiger partial charge is 0.233 e. The number of anilines is 2. The number of nitrogens with zero attached hydrogens (tertiary/aromatic N) is 1. The molecular formula is C17H23N3O2S. The number of nitrogens with one attached hydrogen (secondary N) is 2. The van der Waals surface area contributed by atoms with Crippen LogP contribution in [0.15, 0.2) is 42.6 Å². The number of aromatic nitrogens is 1. The van der Waals surface area contributed by atoms with E-state index in [0.717, 1.165) is 12.1 Å². The van der Waals surface area contributed by atoms with Gasteiger partial charge in [0, 0.05) is 6.54 Å². The van der Waals surface area contributed by atoms with E-state index in [9.17, 15) is 8.42 Å². The molecule has 0 amide bonds. The summed E-state index contributed by atoms with van der Waals surface area (Å²) in [6.07, 6.45) is 3.12. The van der Waals surface area contributed by atoms with Crippen molar-refractivity contribution in [3.63, 3.8) is 0 Å². The summed E-state index contributed by atoms with van der Waals surface area (Å²) in [6, 6.07) is 11.8. The first-order valence-electron chi connectivity index (χ1n) is 7.74. The van der Waals surface area contributed by atoms with E-state index in [0.29, 0.717) is 18.8 Å². The molecule has 23 heavy (non-hydrogen) atoms. The zero-order valence-corrected chi connectivity index (χ0v) is 14.4. The van der Waals surface area contributed by atoms with Crippen molar-refractivity contribution in [3.05, 3.63) is 53.7 Å². The molecule has 2 aromatic rings. The highest BCUT2D eigenvalue weighted by Crippen LogP contribution is 2.13. The van der Waals surface area contributed by atoms with Crippen LogP contribution in [-0.2, 0) is 16.6 Å². The second-order valence-electron chi connectivity index (χ2n) is 5.55.